The first-order chi connectivity index (χ1) is 14.3. The molecule has 0 radical (unpaired) electrons. The molecule has 30 heavy (non-hydrogen) atoms. The van der Waals surface area contributed by atoms with Crippen molar-refractivity contribution in [3.8, 4) is 0 Å². The van der Waals surface area contributed by atoms with Crippen molar-refractivity contribution in [1.29, 1.82) is 0 Å². The number of carbonyl (C=O) groups excluding carboxylic acids is 2. The van der Waals surface area contributed by atoms with Crippen LogP contribution in [0.15, 0.2) is 30.3 Å². The summed E-state index contributed by atoms with van der Waals surface area (Å²) in [7, 11) is -1.55. The van der Waals surface area contributed by atoms with E-state index in [0.29, 0.717) is 32.7 Å². The zero-order valence-electron chi connectivity index (χ0n) is 17.9. The number of hydrogen-bond donors (Lipinski definition) is 0. The number of nitrogens with zero attached hydrogens (tertiary/aromatic N) is 4. The van der Waals surface area contributed by atoms with Gasteiger partial charge in [0, 0.05) is 59.3 Å². The van der Waals surface area contributed by atoms with Gasteiger partial charge in [-0.1, -0.05) is 30.3 Å². The minimum Gasteiger partial charge on any atom is -0.343 e. The van der Waals surface area contributed by atoms with Crippen LogP contribution in [0.4, 0.5) is 0 Å². The molecule has 3 rings (SSSR count). The average molecular weight is 437 g/mol. The molecule has 2 fully saturated rings. The van der Waals surface area contributed by atoms with Gasteiger partial charge in [0.25, 0.3) is 0 Å². The van der Waals surface area contributed by atoms with Gasteiger partial charge in [-0.05, 0) is 18.4 Å². The minimum atomic E-state index is -3.38. The highest BCUT2D eigenvalue weighted by Crippen LogP contribution is 2.17. The quantitative estimate of drug-likeness (QED) is 0.653. The molecule has 2 saturated heterocycles. The third kappa shape index (κ3) is 5.80. The van der Waals surface area contributed by atoms with Crippen LogP contribution in [0.2, 0.25) is 0 Å². The van der Waals surface area contributed by atoms with Crippen LogP contribution < -0.4 is 0 Å². The van der Waals surface area contributed by atoms with Crippen molar-refractivity contribution in [2.75, 3.05) is 52.9 Å². The summed E-state index contributed by atoms with van der Waals surface area (Å²) < 4.78 is 26.8. The molecule has 9 heteroatoms. The Kier molecular flexibility index (Phi) is 7.49. The molecule has 0 spiro atoms. The fraction of sp³-hybridized carbons (Fsp3) is 0.619. The highest BCUT2D eigenvalue weighted by molar-refractivity contribution is 7.88. The van der Waals surface area contributed by atoms with E-state index in [4.69, 9.17) is 0 Å². The molecule has 2 aliphatic heterocycles. The van der Waals surface area contributed by atoms with Crippen LogP contribution >= 0.6 is 0 Å². The first-order valence-electron chi connectivity index (χ1n) is 10.5. The van der Waals surface area contributed by atoms with Crippen molar-refractivity contribution >= 4 is 21.8 Å². The van der Waals surface area contributed by atoms with Crippen molar-refractivity contribution in [1.82, 2.24) is 19.0 Å². The molecule has 0 aromatic heterocycles. The van der Waals surface area contributed by atoms with Crippen LogP contribution in [0.5, 0.6) is 0 Å². The Morgan fingerprint density at radius 3 is 2.17 bits per heavy atom. The minimum absolute atomic E-state index is 0.00849. The predicted molar refractivity (Wildman–Crippen MR) is 115 cm³/mol. The molecule has 2 amide bonds. The van der Waals surface area contributed by atoms with Gasteiger partial charge in [0.1, 0.15) is 0 Å². The van der Waals surface area contributed by atoms with Crippen molar-refractivity contribution in [3.63, 3.8) is 0 Å². The summed E-state index contributed by atoms with van der Waals surface area (Å²) in [6.07, 6.45) is 1.74. The van der Waals surface area contributed by atoms with E-state index < -0.39 is 10.0 Å². The zero-order chi connectivity index (χ0) is 21.7. The third-order valence-electron chi connectivity index (χ3n) is 6.14. The Hall–Kier alpha value is -1.97. The number of piperazine rings is 1. The van der Waals surface area contributed by atoms with Gasteiger partial charge < -0.3 is 9.80 Å². The van der Waals surface area contributed by atoms with Gasteiger partial charge in [0.15, 0.2) is 0 Å². The van der Waals surface area contributed by atoms with Crippen molar-refractivity contribution in [2.24, 2.45) is 0 Å². The van der Waals surface area contributed by atoms with E-state index >= 15 is 0 Å². The molecule has 2 aliphatic rings. The topological polar surface area (TPSA) is 81.2 Å². The van der Waals surface area contributed by atoms with Gasteiger partial charge >= 0.3 is 0 Å². The highest BCUT2D eigenvalue weighted by Gasteiger charge is 2.30. The molecule has 0 aliphatic carbocycles. The van der Waals surface area contributed by atoms with Crippen LogP contribution in [0.25, 0.3) is 0 Å². The van der Waals surface area contributed by atoms with Crippen molar-refractivity contribution in [2.45, 2.75) is 31.6 Å². The van der Waals surface area contributed by atoms with E-state index in [0.717, 1.165) is 31.5 Å². The summed E-state index contributed by atoms with van der Waals surface area (Å²) in [6, 6.07) is 9.41. The summed E-state index contributed by atoms with van der Waals surface area (Å²) >= 11 is 0. The second-order valence-corrected chi connectivity index (χ2v) is 10.1. The van der Waals surface area contributed by atoms with Crippen LogP contribution in [0, 0.1) is 0 Å². The maximum Gasteiger partial charge on any atom is 0.236 e. The molecule has 8 nitrogen and oxygen atoms in total. The first kappa shape index (κ1) is 22.7. The Morgan fingerprint density at radius 1 is 1.00 bits per heavy atom. The standard InChI is InChI=1S/C21H32N4O4S/c1-18(26)22(2)20-8-10-23(11-9-20)16-21(27)24-12-14-25(15-13-24)30(28,29)17-19-6-4-3-5-7-19/h3-7,20H,8-17H2,1-2H3. The lowest BCUT2D eigenvalue weighted by Crippen LogP contribution is -2.53. The lowest BCUT2D eigenvalue weighted by atomic mass is 10.0. The number of sulfonamides is 1. The Morgan fingerprint density at radius 2 is 1.60 bits per heavy atom. The summed E-state index contributed by atoms with van der Waals surface area (Å²) in [5, 5.41) is 0. The molecule has 0 unspecified atom stereocenters. The average Bonchev–Trinajstić information content (AvgIpc) is 2.74. The number of benzene rings is 1. The third-order valence-corrected chi connectivity index (χ3v) is 7.99. The molecule has 1 aromatic carbocycles. The molecule has 2 heterocycles. The fourth-order valence-corrected chi connectivity index (χ4v) is 5.62. The SMILES string of the molecule is CC(=O)N(C)C1CCN(CC(=O)N2CCN(S(=O)(=O)Cc3ccccc3)CC2)CC1. The number of carbonyl (C=O) groups is 2. The van der Waals surface area contributed by atoms with E-state index in [1.165, 1.54) is 4.31 Å². The normalized spacial score (nSPS) is 19.6. The highest BCUT2D eigenvalue weighted by atomic mass is 32.2. The van der Waals surface area contributed by atoms with Crippen LogP contribution in [-0.4, -0.2) is 98.1 Å². The van der Waals surface area contributed by atoms with Gasteiger partial charge in [-0.3, -0.25) is 14.5 Å². The Labute approximate surface area is 179 Å². The van der Waals surface area contributed by atoms with Crippen LogP contribution in [0.1, 0.15) is 25.3 Å². The molecule has 0 atom stereocenters. The van der Waals surface area contributed by atoms with E-state index in [2.05, 4.69) is 4.90 Å². The number of likely N-dealkylation sites (tertiary alicyclic amines) is 1. The van der Waals surface area contributed by atoms with E-state index in [1.54, 1.807) is 16.7 Å². The number of rotatable bonds is 6. The first-order valence-corrected chi connectivity index (χ1v) is 12.1. The smallest absolute Gasteiger partial charge is 0.236 e. The van der Waals surface area contributed by atoms with Gasteiger partial charge in [0.05, 0.1) is 12.3 Å². The lowest BCUT2D eigenvalue weighted by molar-refractivity contribution is -0.135. The molecule has 0 bridgehead atoms. The predicted octanol–water partition coefficient (Wildman–Crippen LogP) is 0.603. The Bertz CT molecular complexity index is 830. The van der Waals surface area contributed by atoms with Crippen molar-refractivity contribution in [3.05, 3.63) is 35.9 Å². The second-order valence-electron chi connectivity index (χ2n) is 8.16. The van der Waals surface area contributed by atoms with E-state index in [-0.39, 0.29) is 23.6 Å². The largest absolute Gasteiger partial charge is 0.343 e. The molecule has 166 valence electrons. The summed E-state index contributed by atoms with van der Waals surface area (Å²) in [4.78, 5) is 29.9. The van der Waals surface area contributed by atoms with Crippen LogP contribution in [-0.2, 0) is 25.4 Å². The zero-order valence-corrected chi connectivity index (χ0v) is 18.7. The van der Waals surface area contributed by atoms with Gasteiger partial charge in [0.2, 0.25) is 21.8 Å². The van der Waals surface area contributed by atoms with Gasteiger partial charge in [-0.2, -0.15) is 4.31 Å². The maximum atomic E-state index is 12.7. The maximum absolute atomic E-state index is 12.7. The summed E-state index contributed by atoms with van der Waals surface area (Å²) in [5.74, 6) is 0.115. The number of amides is 2. The van der Waals surface area contributed by atoms with Gasteiger partial charge in [-0.25, -0.2) is 8.42 Å². The van der Waals surface area contributed by atoms with Crippen LogP contribution in [0.3, 0.4) is 0 Å². The summed E-state index contributed by atoms with van der Waals surface area (Å²) in [5.41, 5.74) is 0.773. The summed E-state index contributed by atoms with van der Waals surface area (Å²) in [6.45, 7) is 5.05. The van der Waals surface area contributed by atoms with Crippen molar-refractivity contribution < 1.29 is 18.0 Å². The monoisotopic (exact) mass is 436 g/mol. The molecular weight excluding hydrogens is 404 g/mol. The fourth-order valence-electron chi connectivity index (χ4n) is 4.10. The molecule has 1 aromatic rings. The number of piperidine rings is 1. The number of hydrogen-bond acceptors (Lipinski definition) is 5. The molecule has 0 N–H and O–H groups in total. The second kappa shape index (κ2) is 9.89. The molecule has 0 saturated carbocycles. The van der Waals surface area contributed by atoms with E-state index in [9.17, 15) is 18.0 Å². The molecular formula is C21H32N4O4S. The van der Waals surface area contributed by atoms with E-state index in [1.807, 2.05) is 37.4 Å². The lowest BCUT2D eigenvalue weighted by Gasteiger charge is -2.38. The Balaban J connectivity index is 1.44. The van der Waals surface area contributed by atoms with Gasteiger partial charge in [-0.15, -0.1) is 0 Å².